The molecule has 0 spiro atoms. The molecule has 0 aliphatic heterocycles. The predicted molar refractivity (Wildman–Crippen MR) is 63.4 cm³/mol. The lowest BCUT2D eigenvalue weighted by atomic mass is 9.69. The zero-order chi connectivity index (χ0) is 12.0. The molecular weight excluding hydrogens is 204 g/mol. The van der Waals surface area contributed by atoms with E-state index in [1.807, 2.05) is 0 Å². The maximum atomic E-state index is 11.4. The van der Waals surface area contributed by atoms with Gasteiger partial charge in [-0.3, -0.25) is 4.79 Å². The molecule has 3 heteroatoms. The van der Waals surface area contributed by atoms with Gasteiger partial charge in [0.1, 0.15) is 0 Å². The summed E-state index contributed by atoms with van der Waals surface area (Å²) in [6.07, 6.45) is 5.39. The molecule has 1 fully saturated rings. The van der Waals surface area contributed by atoms with Crippen LogP contribution in [-0.2, 0) is 9.53 Å². The first-order valence-corrected chi connectivity index (χ1v) is 6.42. The van der Waals surface area contributed by atoms with Gasteiger partial charge in [0.15, 0.2) is 0 Å². The first-order chi connectivity index (χ1) is 7.60. The number of hydrogen-bond donors (Lipinski definition) is 1. The second-order valence-corrected chi connectivity index (χ2v) is 5.13. The van der Waals surface area contributed by atoms with Crippen LogP contribution in [0.3, 0.4) is 0 Å². The van der Waals surface area contributed by atoms with Gasteiger partial charge in [-0.15, -0.1) is 0 Å². The van der Waals surface area contributed by atoms with E-state index in [9.17, 15) is 9.90 Å². The minimum Gasteiger partial charge on any atom is -0.481 e. The number of hydrogen-bond acceptors (Lipinski definition) is 2. The monoisotopic (exact) mass is 228 g/mol. The Bertz CT molecular complexity index is 217. The fourth-order valence-corrected chi connectivity index (χ4v) is 2.40. The molecule has 1 aliphatic carbocycles. The van der Waals surface area contributed by atoms with Crippen molar-refractivity contribution in [1.82, 2.24) is 0 Å². The second-order valence-electron chi connectivity index (χ2n) is 5.13. The zero-order valence-electron chi connectivity index (χ0n) is 10.5. The Morgan fingerprint density at radius 3 is 2.50 bits per heavy atom. The quantitative estimate of drug-likeness (QED) is 0.711. The van der Waals surface area contributed by atoms with E-state index >= 15 is 0 Å². The molecule has 0 aromatic carbocycles. The van der Waals surface area contributed by atoms with Crippen LogP contribution in [0.5, 0.6) is 0 Å². The van der Waals surface area contributed by atoms with Gasteiger partial charge in [-0.2, -0.15) is 0 Å². The molecule has 0 aromatic rings. The number of rotatable bonds is 6. The molecule has 94 valence electrons. The normalized spacial score (nSPS) is 30.2. The number of carboxylic acid groups (broad SMARTS) is 1. The lowest BCUT2D eigenvalue weighted by Crippen LogP contribution is -2.36. The molecule has 1 N–H and O–H groups in total. The van der Waals surface area contributed by atoms with Crippen LogP contribution in [-0.4, -0.2) is 24.3 Å². The van der Waals surface area contributed by atoms with Crippen molar-refractivity contribution in [2.75, 3.05) is 13.2 Å². The molecule has 1 saturated carbocycles. The van der Waals surface area contributed by atoms with E-state index in [2.05, 4.69) is 13.8 Å². The Balaban J connectivity index is 2.43. The smallest absolute Gasteiger partial charge is 0.309 e. The van der Waals surface area contributed by atoms with Gasteiger partial charge in [0.05, 0.1) is 5.41 Å². The molecule has 0 atom stereocenters. The van der Waals surface area contributed by atoms with Crippen molar-refractivity contribution in [3.63, 3.8) is 0 Å². The molecule has 0 unspecified atom stereocenters. The van der Waals surface area contributed by atoms with Gasteiger partial charge in [0.25, 0.3) is 0 Å². The van der Waals surface area contributed by atoms with Gasteiger partial charge in [-0.1, -0.05) is 13.8 Å². The molecule has 3 nitrogen and oxygen atoms in total. The topological polar surface area (TPSA) is 46.5 Å². The highest BCUT2D eigenvalue weighted by atomic mass is 16.5. The molecule has 0 saturated heterocycles. The molecule has 1 rings (SSSR count). The predicted octanol–water partition coefficient (Wildman–Crippen LogP) is 3.08. The van der Waals surface area contributed by atoms with Crippen LogP contribution in [0.25, 0.3) is 0 Å². The van der Waals surface area contributed by atoms with Crippen LogP contribution in [0.4, 0.5) is 0 Å². The van der Waals surface area contributed by atoms with E-state index in [0.717, 1.165) is 38.7 Å². The Kier molecular flexibility index (Phi) is 5.26. The SMILES string of the molecule is CCCOCCC1(C(=O)O)CCC(C)CC1. The van der Waals surface area contributed by atoms with Crippen molar-refractivity contribution in [3.8, 4) is 0 Å². The van der Waals surface area contributed by atoms with Crippen molar-refractivity contribution >= 4 is 5.97 Å². The number of aliphatic carboxylic acids is 1. The van der Waals surface area contributed by atoms with Gasteiger partial charge >= 0.3 is 5.97 Å². The van der Waals surface area contributed by atoms with Crippen molar-refractivity contribution in [2.24, 2.45) is 11.3 Å². The average Bonchev–Trinajstić information content (AvgIpc) is 2.27. The van der Waals surface area contributed by atoms with E-state index in [0.29, 0.717) is 18.9 Å². The van der Waals surface area contributed by atoms with E-state index in [4.69, 9.17) is 4.74 Å². The van der Waals surface area contributed by atoms with Gasteiger partial charge < -0.3 is 9.84 Å². The molecule has 0 aromatic heterocycles. The fourth-order valence-electron chi connectivity index (χ4n) is 2.40. The summed E-state index contributed by atoms with van der Waals surface area (Å²) in [6, 6.07) is 0. The summed E-state index contributed by atoms with van der Waals surface area (Å²) in [5, 5.41) is 9.38. The highest BCUT2D eigenvalue weighted by molar-refractivity contribution is 5.74. The Morgan fingerprint density at radius 2 is 2.00 bits per heavy atom. The molecule has 0 bridgehead atoms. The van der Waals surface area contributed by atoms with E-state index < -0.39 is 11.4 Å². The molecule has 0 radical (unpaired) electrons. The first kappa shape index (κ1) is 13.5. The summed E-state index contributed by atoms with van der Waals surface area (Å²) in [5.41, 5.74) is -0.500. The molecule has 16 heavy (non-hydrogen) atoms. The lowest BCUT2D eigenvalue weighted by Gasteiger charge is -2.35. The summed E-state index contributed by atoms with van der Waals surface area (Å²) < 4.78 is 5.42. The third-order valence-electron chi connectivity index (χ3n) is 3.76. The van der Waals surface area contributed by atoms with E-state index in [1.165, 1.54) is 0 Å². The van der Waals surface area contributed by atoms with Crippen LogP contribution < -0.4 is 0 Å². The molecular formula is C13H24O3. The second kappa shape index (κ2) is 6.24. The Morgan fingerprint density at radius 1 is 1.38 bits per heavy atom. The van der Waals surface area contributed by atoms with Gasteiger partial charge in [-0.25, -0.2) is 0 Å². The van der Waals surface area contributed by atoms with Gasteiger partial charge in [0.2, 0.25) is 0 Å². The number of ether oxygens (including phenoxy) is 1. The third kappa shape index (κ3) is 3.48. The molecule has 0 amide bonds. The van der Waals surface area contributed by atoms with Crippen LogP contribution in [0.15, 0.2) is 0 Å². The van der Waals surface area contributed by atoms with E-state index in [-0.39, 0.29) is 0 Å². The first-order valence-electron chi connectivity index (χ1n) is 6.42. The van der Waals surface area contributed by atoms with Crippen LogP contribution in [0.1, 0.15) is 52.4 Å². The van der Waals surface area contributed by atoms with E-state index in [1.54, 1.807) is 0 Å². The summed E-state index contributed by atoms with van der Waals surface area (Å²) in [7, 11) is 0. The fraction of sp³-hybridized carbons (Fsp3) is 0.923. The summed E-state index contributed by atoms with van der Waals surface area (Å²) in [4.78, 5) is 11.4. The van der Waals surface area contributed by atoms with Crippen LogP contribution in [0.2, 0.25) is 0 Å². The highest BCUT2D eigenvalue weighted by Gasteiger charge is 2.40. The summed E-state index contributed by atoms with van der Waals surface area (Å²) in [5.74, 6) is 0.0588. The third-order valence-corrected chi connectivity index (χ3v) is 3.76. The summed E-state index contributed by atoms with van der Waals surface area (Å²) >= 11 is 0. The minimum atomic E-state index is -0.625. The zero-order valence-corrected chi connectivity index (χ0v) is 10.5. The Hall–Kier alpha value is -0.570. The van der Waals surface area contributed by atoms with Crippen molar-refractivity contribution < 1.29 is 14.6 Å². The van der Waals surface area contributed by atoms with Crippen molar-refractivity contribution in [2.45, 2.75) is 52.4 Å². The van der Waals surface area contributed by atoms with Crippen molar-refractivity contribution in [1.29, 1.82) is 0 Å². The average molecular weight is 228 g/mol. The van der Waals surface area contributed by atoms with Gasteiger partial charge in [-0.05, 0) is 44.4 Å². The molecule has 1 aliphatic rings. The Labute approximate surface area is 98.2 Å². The standard InChI is InChI=1S/C13H24O3/c1-3-9-16-10-8-13(12(14)15)6-4-11(2)5-7-13/h11H,3-10H2,1-2H3,(H,14,15). The van der Waals surface area contributed by atoms with Gasteiger partial charge in [0, 0.05) is 13.2 Å². The lowest BCUT2D eigenvalue weighted by molar-refractivity contribution is -0.153. The maximum Gasteiger partial charge on any atom is 0.309 e. The summed E-state index contributed by atoms with van der Waals surface area (Å²) in [6.45, 7) is 5.61. The van der Waals surface area contributed by atoms with Crippen molar-refractivity contribution in [3.05, 3.63) is 0 Å². The molecule has 0 heterocycles. The minimum absolute atomic E-state index is 0.500. The van der Waals surface area contributed by atoms with Crippen LogP contribution in [0, 0.1) is 11.3 Å². The number of carbonyl (C=O) groups is 1. The largest absolute Gasteiger partial charge is 0.481 e. The number of carboxylic acids is 1. The maximum absolute atomic E-state index is 11.4. The van der Waals surface area contributed by atoms with Crippen LogP contribution >= 0.6 is 0 Å². The highest BCUT2D eigenvalue weighted by Crippen LogP contribution is 2.41.